The van der Waals surface area contributed by atoms with E-state index in [2.05, 4.69) is 33.2 Å². The van der Waals surface area contributed by atoms with Gasteiger partial charge in [-0.3, -0.25) is 14.5 Å². The molecule has 0 bridgehead atoms. The first kappa shape index (κ1) is 14.0. The Morgan fingerprint density at radius 2 is 1.86 bits per heavy atom. The van der Waals surface area contributed by atoms with Gasteiger partial charge in [0.25, 0.3) is 0 Å². The summed E-state index contributed by atoms with van der Waals surface area (Å²) >= 11 is 0. The summed E-state index contributed by atoms with van der Waals surface area (Å²) in [4.78, 5) is 5.24. The van der Waals surface area contributed by atoms with E-state index >= 15 is 0 Å². The summed E-state index contributed by atoms with van der Waals surface area (Å²) in [6.45, 7) is 6.37. The summed E-state index contributed by atoms with van der Waals surface area (Å²) in [6, 6.07) is 5.55. The van der Waals surface area contributed by atoms with Crippen LogP contribution in [0.15, 0.2) is 28.9 Å². The van der Waals surface area contributed by atoms with Crippen LogP contribution < -0.4 is 0 Å². The lowest BCUT2D eigenvalue weighted by molar-refractivity contribution is 0.202. The molecule has 0 aliphatic carbocycles. The van der Waals surface area contributed by atoms with Gasteiger partial charge >= 0.3 is 0 Å². The van der Waals surface area contributed by atoms with E-state index in [0.29, 0.717) is 12.1 Å². The predicted octanol–water partition coefficient (Wildman–Crippen LogP) is 2.17. The average molecular weight is 300 g/mol. The monoisotopic (exact) mass is 300 g/mol. The Morgan fingerprint density at radius 3 is 2.45 bits per heavy atom. The molecule has 5 nitrogen and oxygen atoms in total. The third kappa shape index (κ3) is 2.59. The van der Waals surface area contributed by atoms with E-state index in [9.17, 15) is 0 Å². The third-order valence-electron chi connectivity index (χ3n) is 5.11. The molecule has 2 fully saturated rings. The van der Waals surface area contributed by atoms with Gasteiger partial charge in [0.1, 0.15) is 11.5 Å². The Hall–Kier alpha value is -1.59. The Bertz CT molecular complexity index is 590. The summed E-state index contributed by atoms with van der Waals surface area (Å²) < 4.78 is 7.64. The zero-order chi connectivity index (χ0) is 15.1. The van der Waals surface area contributed by atoms with E-state index < -0.39 is 0 Å². The van der Waals surface area contributed by atoms with Gasteiger partial charge in [0, 0.05) is 50.5 Å². The van der Waals surface area contributed by atoms with Gasteiger partial charge in [0.15, 0.2) is 0 Å². The highest BCUT2D eigenvalue weighted by Gasteiger charge is 2.42. The van der Waals surface area contributed by atoms with E-state index in [0.717, 1.165) is 24.6 Å². The van der Waals surface area contributed by atoms with Crippen molar-refractivity contribution in [1.82, 2.24) is 19.6 Å². The van der Waals surface area contributed by atoms with Crippen LogP contribution in [0.2, 0.25) is 0 Å². The number of nitrogens with zero attached hydrogens (tertiary/aromatic N) is 4. The lowest BCUT2D eigenvalue weighted by atomic mass is 10.1. The van der Waals surface area contributed by atoms with Crippen molar-refractivity contribution in [2.45, 2.75) is 44.9 Å². The third-order valence-corrected chi connectivity index (χ3v) is 5.11. The maximum atomic E-state index is 5.75. The fraction of sp³-hybridized carbons (Fsp3) is 0.588. The van der Waals surface area contributed by atoms with Gasteiger partial charge in [0.2, 0.25) is 0 Å². The van der Waals surface area contributed by atoms with Crippen LogP contribution in [0.4, 0.5) is 0 Å². The highest BCUT2D eigenvalue weighted by molar-refractivity contribution is 5.09. The largest absolute Gasteiger partial charge is 0.465 e. The molecule has 118 valence electrons. The summed E-state index contributed by atoms with van der Waals surface area (Å²) in [7, 11) is 1.99. The van der Waals surface area contributed by atoms with Gasteiger partial charge in [-0.1, -0.05) is 0 Å². The summed E-state index contributed by atoms with van der Waals surface area (Å²) in [5.41, 5.74) is 1.32. The first-order valence-electron chi connectivity index (χ1n) is 8.20. The smallest absolute Gasteiger partial charge is 0.118 e. The van der Waals surface area contributed by atoms with Crippen LogP contribution in [-0.4, -0.2) is 44.8 Å². The zero-order valence-corrected chi connectivity index (χ0v) is 13.4. The molecule has 0 saturated carbocycles. The number of rotatable bonds is 4. The second kappa shape index (κ2) is 5.56. The van der Waals surface area contributed by atoms with Crippen molar-refractivity contribution in [1.29, 1.82) is 0 Å². The van der Waals surface area contributed by atoms with Crippen LogP contribution in [-0.2, 0) is 20.1 Å². The number of hydrogen-bond acceptors (Lipinski definition) is 4. The van der Waals surface area contributed by atoms with Crippen LogP contribution in [0.25, 0.3) is 0 Å². The second-order valence-electron chi connectivity index (χ2n) is 6.69. The molecule has 22 heavy (non-hydrogen) atoms. The summed E-state index contributed by atoms with van der Waals surface area (Å²) in [6.07, 6.45) is 6.66. The number of aryl methyl sites for hydroxylation is 2. The van der Waals surface area contributed by atoms with Gasteiger partial charge in [0.05, 0.1) is 12.7 Å². The molecule has 0 unspecified atom stereocenters. The molecule has 0 spiro atoms. The highest BCUT2D eigenvalue weighted by atomic mass is 16.3. The number of fused-ring (bicyclic) bond motifs is 1. The molecule has 4 rings (SSSR count). The first-order valence-corrected chi connectivity index (χ1v) is 8.20. The van der Waals surface area contributed by atoms with E-state index in [-0.39, 0.29) is 0 Å². The molecular weight excluding hydrogens is 276 g/mol. The number of hydrogen-bond donors (Lipinski definition) is 0. The maximum Gasteiger partial charge on any atom is 0.118 e. The van der Waals surface area contributed by atoms with E-state index in [1.54, 1.807) is 0 Å². The van der Waals surface area contributed by atoms with Crippen molar-refractivity contribution in [2.24, 2.45) is 7.05 Å². The fourth-order valence-electron chi connectivity index (χ4n) is 4.12. The van der Waals surface area contributed by atoms with E-state index in [1.807, 2.05) is 24.9 Å². The Labute approximate surface area is 131 Å². The van der Waals surface area contributed by atoms with Crippen molar-refractivity contribution in [2.75, 3.05) is 13.1 Å². The average Bonchev–Trinajstić information content (AvgIpc) is 3.22. The number of likely N-dealkylation sites (tertiary alicyclic amines) is 2. The number of aromatic nitrogens is 2. The minimum atomic E-state index is 0.682. The standard InChI is InChI=1S/C17H24N4O/c1-13-3-4-15(22-13)12-21-8-6-16-17(21)5-7-20(16)11-14-9-18-19(2)10-14/h3-4,9-10,16-17H,5-8,11-12H2,1-2H3/t16-,17+/m1/s1. The molecular formula is C17H24N4O. The molecule has 0 amide bonds. The molecule has 2 aromatic rings. The molecule has 0 N–H and O–H groups in total. The molecule has 2 aliphatic rings. The lowest BCUT2D eigenvalue weighted by Crippen LogP contribution is -2.35. The van der Waals surface area contributed by atoms with Gasteiger partial charge in [-0.25, -0.2) is 0 Å². The molecule has 2 aliphatic heterocycles. The maximum absolute atomic E-state index is 5.75. The van der Waals surface area contributed by atoms with Crippen LogP contribution in [0.5, 0.6) is 0 Å². The van der Waals surface area contributed by atoms with Crippen LogP contribution in [0.3, 0.4) is 0 Å². The Morgan fingerprint density at radius 1 is 1.14 bits per heavy atom. The summed E-state index contributed by atoms with van der Waals surface area (Å²) in [5, 5.41) is 4.28. The highest BCUT2D eigenvalue weighted by Crippen LogP contribution is 2.33. The van der Waals surface area contributed by atoms with Crippen LogP contribution >= 0.6 is 0 Å². The zero-order valence-electron chi connectivity index (χ0n) is 13.4. The summed E-state index contributed by atoms with van der Waals surface area (Å²) in [5.74, 6) is 2.11. The first-order chi connectivity index (χ1) is 10.7. The number of furan rings is 1. The topological polar surface area (TPSA) is 37.4 Å². The minimum absolute atomic E-state index is 0.682. The van der Waals surface area contributed by atoms with Gasteiger partial charge in [-0.05, 0) is 31.9 Å². The predicted molar refractivity (Wildman–Crippen MR) is 84.3 cm³/mol. The van der Waals surface area contributed by atoms with Crippen molar-refractivity contribution in [3.05, 3.63) is 41.6 Å². The van der Waals surface area contributed by atoms with Crippen LogP contribution in [0.1, 0.15) is 29.9 Å². The van der Waals surface area contributed by atoms with Crippen LogP contribution in [0, 0.1) is 6.92 Å². The van der Waals surface area contributed by atoms with E-state index in [1.165, 1.54) is 31.5 Å². The Kier molecular flexibility index (Phi) is 3.54. The van der Waals surface area contributed by atoms with Crippen molar-refractivity contribution < 1.29 is 4.42 Å². The van der Waals surface area contributed by atoms with Crippen molar-refractivity contribution in [3.63, 3.8) is 0 Å². The van der Waals surface area contributed by atoms with Crippen molar-refractivity contribution >= 4 is 0 Å². The van der Waals surface area contributed by atoms with Gasteiger partial charge in [-0.2, -0.15) is 5.10 Å². The van der Waals surface area contributed by atoms with Crippen molar-refractivity contribution in [3.8, 4) is 0 Å². The second-order valence-corrected chi connectivity index (χ2v) is 6.69. The fourth-order valence-corrected chi connectivity index (χ4v) is 4.12. The molecule has 2 aromatic heterocycles. The quantitative estimate of drug-likeness (QED) is 0.867. The molecule has 2 atom stereocenters. The minimum Gasteiger partial charge on any atom is -0.465 e. The SMILES string of the molecule is Cc1ccc(CN2CC[C@@H]3[C@@H]2CCN3Cc2cnn(C)c2)o1. The van der Waals surface area contributed by atoms with Gasteiger partial charge in [-0.15, -0.1) is 0 Å². The molecule has 0 radical (unpaired) electrons. The molecule has 5 heteroatoms. The van der Waals surface area contributed by atoms with E-state index in [4.69, 9.17) is 4.42 Å². The molecule has 4 heterocycles. The Balaban J connectivity index is 1.40. The van der Waals surface area contributed by atoms with Gasteiger partial charge < -0.3 is 4.42 Å². The normalized spacial score (nSPS) is 25.9. The molecule has 0 aromatic carbocycles. The lowest BCUT2D eigenvalue weighted by Gasteiger charge is -2.24. The molecule has 2 saturated heterocycles.